The predicted octanol–water partition coefficient (Wildman–Crippen LogP) is 3.58. The van der Waals surface area contributed by atoms with Crippen LogP contribution >= 0.6 is 12.4 Å². The molecule has 0 bridgehead atoms. The molecule has 1 heterocycles. The monoisotopic (exact) mass is 324 g/mol. The van der Waals surface area contributed by atoms with Crippen molar-refractivity contribution in [1.29, 1.82) is 0 Å². The van der Waals surface area contributed by atoms with Crippen LogP contribution in [-0.4, -0.2) is 19.0 Å². The van der Waals surface area contributed by atoms with Crippen LogP contribution in [0.15, 0.2) is 24.3 Å². The van der Waals surface area contributed by atoms with E-state index >= 15 is 0 Å². The van der Waals surface area contributed by atoms with Crippen molar-refractivity contribution in [1.82, 2.24) is 10.6 Å². The SMILES string of the molecule is CC(NC(=O)C1CCNCC1)c1ccc(C(C)(C)C)cc1.Cl. The summed E-state index contributed by atoms with van der Waals surface area (Å²) in [5, 5.41) is 6.45. The molecule has 1 saturated heterocycles. The van der Waals surface area contributed by atoms with Gasteiger partial charge in [-0.15, -0.1) is 12.4 Å². The summed E-state index contributed by atoms with van der Waals surface area (Å²) in [6, 6.07) is 8.67. The molecule has 22 heavy (non-hydrogen) atoms. The highest BCUT2D eigenvalue weighted by Gasteiger charge is 2.22. The number of hydrogen-bond donors (Lipinski definition) is 2. The first-order valence-electron chi connectivity index (χ1n) is 7.99. The average molecular weight is 325 g/mol. The Morgan fingerprint density at radius 1 is 1.18 bits per heavy atom. The van der Waals surface area contributed by atoms with E-state index in [0.717, 1.165) is 25.9 Å². The molecule has 2 rings (SSSR count). The van der Waals surface area contributed by atoms with Gasteiger partial charge in [0.25, 0.3) is 0 Å². The lowest BCUT2D eigenvalue weighted by atomic mass is 9.86. The summed E-state index contributed by atoms with van der Waals surface area (Å²) in [4.78, 5) is 12.3. The number of rotatable bonds is 3. The highest BCUT2D eigenvalue weighted by atomic mass is 35.5. The van der Waals surface area contributed by atoms with E-state index in [9.17, 15) is 4.79 Å². The summed E-state index contributed by atoms with van der Waals surface area (Å²) in [5.74, 6) is 0.367. The third-order valence-corrected chi connectivity index (χ3v) is 4.35. The van der Waals surface area contributed by atoms with Gasteiger partial charge in [0.2, 0.25) is 5.91 Å². The van der Waals surface area contributed by atoms with E-state index in [4.69, 9.17) is 0 Å². The summed E-state index contributed by atoms with van der Waals surface area (Å²) in [6.45, 7) is 10.6. The molecule has 2 N–H and O–H groups in total. The van der Waals surface area contributed by atoms with E-state index in [1.165, 1.54) is 11.1 Å². The van der Waals surface area contributed by atoms with Gasteiger partial charge in [-0.3, -0.25) is 4.79 Å². The minimum atomic E-state index is 0. The Morgan fingerprint density at radius 3 is 2.23 bits per heavy atom. The molecule has 1 aromatic carbocycles. The first kappa shape index (κ1) is 19.0. The third-order valence-electron chi connectivity index (χ3n) is 4.35. The lowest BCUT2D eigenvalue weighted by molar-refractivity contribution is -0.126. The van der Waals surface area contributed by atoms with E-state index in [-0.39, 0.29) is 35.7 Å². The molecular weight excluding hydrogens is 296 g/mol. The lowest BCUT2D eigenvalue weighted by Gasteiger charge is -2.24. The maximum absolute atomic E-state index is 12.3. The Balaban J connectivity index is 0.00000242. The van der Waals surface area contributed by atoms with Crippen molar-refractivity contribution in [2.45, 2.75) is 52.0 Å². The number of amides is 1. The Bertz CT molecular complexity index is 473. The van der Waals surface area contributed by atoms with Crippen molar-refractivity contribution < 1.29 is 4.79 Å². The van der Waals surface area contributed by atoms with Gasteiger partial charge in [0.05, 0.1) is 6.04 Å². The number of piperidine rings is 1. The summed E-state index contributed by atoms with van der Waals surface area (Å²) >= 11 is 0. The van der Waals surface area contributed by atoms with Crippen molar-refractivity contribution in [2.24, 2.45) is 5.92 Å². The minimum absolute atomic E-state index is 0. The minimum Gasteiger partial charge on any atom is -0.349 e. The molecule has 1 fully saturated rings. The molecule has 1 unspecified atom stereocenters. The lowest BCUT2D eigenvalue weighted by Crippen LogP contribution is -2.39. The Kier molecular flexibility index (Phi) is 6.89. The first-order chi connectivity index (χ1) is 9.88. The third kappa shape index (κ3) is 4.99. The Morgan fingerprint density at radius 2 is 1.73 bits per heavy atom. The zero-order valence-corrected chi connectivity index (χ0v) is 14.9. The summed E-state index contributed by atoms with van der Waals surface area (Å²) < 4.78 is 0. The van der Waals surface area contributed by atoms with Crippen LogP contribution in [0, 0.1) is 5.92 Å². The summed E-state index contributed by atoms with van der Waals surface area (Å²) in [7, 11) is 0. The zero-order valence-electron chi connectivity index (χ0n) is 14.1. The molecule has 0 radical (unpaired) electrons. The number of carbonyl (C=O) groups is 1. The van der Waals surface area contributed by atoms with Crippen LogP contribution in [0.25, 0.3) is 0 Å². The van der Waals surface area contributed by atoms with Crippen molar-refractivity contribution in [2.75, 3.05) is 13.1 Å². The van der Waals surface area contributed by atoms with E-state index in [1.807, 2.05) is 0 Å². The number of carbonyl (C=O) groups excluding carboxylic acids is 1. The van der Waals surface area contributed by atoms with Gasteiger partial charge in [-0.1, -0.05) is 45.0 Å². The maximum Gasteiger partial charge on any atom is 0.223 e. The van der Waals surface area contributed by atoms with Gasteiger partial charge in [-0.2, -0.15) is 0 Å². The average Bonchev–Trinajstić information content (AvgIpc) is 2.47. The van der Waals surface area contributed by atoms with Gasteiger partial charge in [0.15, 0.2) is 0 Å². The topological polar surface area (TPSA) is 41.1 Å². The van der Waals surface area contributed by atoms with Crippen molar-refractivity contribution in [3.8, 4) is 0 Å². The Labute approximate surface area is 140 Å². The largest absolute Gasteiger partial charge is 0.349 e. The normalized spacial score (nSPS) is 17.5. The fraction of sp³-hybridized carbons (Fsp3) is 0.611. The number of halogens is 1. The molecular formula is C18H29ClN2O. The maximum atomic E-state index is 12.3. The highest BCUT2D eigenvalue weighted by molar-refractivity contribution is 5.85. The second kappa shape index (κ2) is 7.98. The fourth-order valence-electron chi connectivity index (χ4n) is 2.77. The second-order valence-electron chi connectivity index (χ2n) is 7.13. The first-order valence-corrected chi connectivity index (χ1v) is 7.99. The molecule has 1 atom stereocenters. The molecule has 1 aliphatic rings. The van der Waals surface area contributed by atoms with Crippen LogP contribution in [0.3, 0.4) is 0 Å². The van der Waals surface area contributed by atoms with E-state index < -0.39 is 0 Å². The molecule has 124 valence electrons. The number of hydrogen-bond acceptors (Lipinski definition) is 2. The van der Waals surface area contributed by atoms with Crippen LogP contribution in [-0.2, 0) is 10.2 Å². The zero-order chi connectivity index (χ0) is 15.5. The van der Waals surface area contributed by atoms with E-state index in [2.05, 4.69) is 62.6 Å². The molecule has 4 heteroatoms. The molecule has 0 aromatic heterocycles. The van der Waals surface area contributed by atoms with Gasteiger partial charge in [0, 0.05) is 5.92 Å². The molecule has 1 aromatic rings. The fourth-order valence-corrected chi connectivity index (χ4v) is 2.77. The van der Waals surface area contributed by atoms with Crippen molar-refractivity contribution in [3.05, 3.63) is 35.4 Å². The van der Waals surface area contributed by atoms with Gasteiger partial charge >= 0.3 is 0 Å². The smallest absolute Gasteiger partial charge is 0.223 e. The second-order valence-corrected chi connectivity index (χ2v) is 7.13. The Hall–Kier alpha value is -1.06. The molecule has 1 aliphatic heterocycles. The molecule has 0 saturated carbocycles. The van der Waals surface area contributed by atoms with Gasteiger partial charge in [0.1, 0.15) is 0 Å². The summed E-state index contributed by atoms with van der Waals surface area (Å²) in [5.41, 5.74) is 2.66. The highest BCUT2D eigenvalue weighted by Crippen LogP contribution is 2.24. The van der Waals surface area contributed by atoms with Crippen molar-refractivity contribution in [3.63, 3.8) is 0 Å². The summed E-state index contributed by atoms with van der Waals surface area (Å²) in [6.07, 6.45) is 1.89. The molecule has 0 spiro atoms. The molecule has 0 aliphatic carbocycles. The van der Waals surface area contributed by atoms with Gasteiger partial charge < -0.3 is 10.6 Å². The molecule has 3 nitrogen and oxygen atoms in total. The van der Waals surface area contributed by atoms with E-state index in [0.29, 0.717) is 0 Å². The van der Waals surface area contributed by atoms with E-state index in [1.54, 1.807) is 0 Å². The van der Waals surface area contributed by atoms with Crippen LogP contribution in [0.4, 0.5) is 0 Å². The van der Waals surface area contributed by atoms with Crippen LogP contribution in [0.2, 0.25) is 0 Å². The number of nitrogens with one attached hydrogen (secondary N) is 2. The van der Waals surface area contributed by atoms with Crippen LogP contribution in [0.1, 0.15) is 57.7 Å². The predicted molar refractivity (Wildman–Crippen MR) is 94.5 cm³/mol. The van der Waals surface area contributed by atoms with Gasteiger partial charge in [-0.25, -0.2) is 0 Å². The molecule has 1 amide bonds. The standard InChI is InChI=1S/C18H28N2O.ClH/c1-13(20-17(21)15-9-11-19-12-10-15)14-5-7-16(8-6-14)18(2,3)4;/h5-8,13,15,19H,9-12H2,1-4H3,(H,20,21);1H. The van der Waals surface area contributed by atoms with Gasteiger partial charge in [-0.05, 0) is 49.4 Å². The number of benzene rings is 1. The van der Waals surface area contributed by atoms with Crippen molar-refractivity contribution >= 4 is 18.3 Å². The van der Waals surface area contributed by atoms with Crippen LogP contribution in [0.5, 0.6) is 0 Å². The quantitative estimate of drug-likeness (QED) is 0.892. The van der Waals surface area contributed by atoms with Crippen LogP contribution < -0.4 is 10.6 Å².